The van der Waals surface area contributed by atoms with Crippen molar-refractivity contribution in [1.29, 1.82) is 0 Å². The summed E-state index contributed by atoms with van der Waals surface area (Å²) in [5.41, 5.74) is 2.02. The van der Waals surface area contributed by atoms with Crippen molar-refractivity contribution < 1.29 is 23.9 Å². The van der Waals surface area contributed by atoms with E-state index in [4.69, 9.17) is 9.47 Å². The minimum Gasteiger partial charge on any atom is -0.493 e. The van der Waals surface area contributed by atoms with Crippen LogP contribution in [0.25, 0.3) is 0 Å². The molecule has 0 aliphatic heterocycles. The summed E-state index contributed by atoms with van der Waals surface area (Å²) < 4.78 is 11.0. The topological polar surface area (TPSA) is 106 Å². The molecule has 3 N–H and O–H groups in total. The number of ether oxygens (including phenoxy) is 2. The Morgan fingerprint density at radius 2 is 1.65 bits per heavy atom. The predicted octanol–water partition coefficient (Wildman–Crippen LogP) is 2.67. The van der Waals surface area contributed by atoms with E-state index in [9.17, 15) is 14.4 Å². The Kier molecular flexibility index (Phi) is 8.87. The second-order valence-electron chi connectivity index (χ2n) is 6.94. The van der Waals surface area contributed by atoms with E-state index in [0.29, 0.717) is 42.3 Å². The van der Waals surface area contributed by atoms with Crippen LogP contribution in [0.2, 0.25) is 0 Å². The van der Waals surface area contributed by atoms with Crippen LogP contribution in [-0.2, 0) is 9.59 Å². The molecule has 166 valence electrons. The number of benzene rings is 2. The SMILES string of the molecule is CCC(=O)NCCNC(=O)c1ccc(NC(=O)C(C)Oc2ccc(C)cc2OC)cc1. The summed E-state index contributed by atoms with van der Waals surface area (Å²) in [7, 11) is 1.55. The molecule has 1 atom stereocenters. The summed E-state index contributed by atoms with van der Waals surface area (Å²) in [6.07, 6.45) is -0.346. The van der Waals surface area contributed by atoms with Gasteiger partial charge in [-0.25, -0.2) is 0 Å². The fraction of sp³-hybridized carbons (Fsp3) is 0.348. The van der Waals surface area contributed by atoms with Crippen molar-refractivity contribution in [1.82, 2.24) is 10.6 Å². The van der Waals surface area contributed by atoms with Gasteiger partial charge in [0.1, 0.15) is 0 Å². The van der Waals surface area contributed by atoms with Crippen molar-refractivity contribution in [2.75, 3.05) is 25.5 Å². The van der Waals surface area contributed by atoms with E-state index in [-0.39, 0.29) is 17.7 Å². The molecule has 0 fully saturated rings. The van der Waals surface area contributed by atoms with E-state index >= 15 is 0 Å². The third-order valence-corrected chi connectivity index (χ3v) is 4.46. The minimum absolute atomic E-state index is 0.0617. The molecule has 0 saturated carbocycles. The Balaban J connectivity index is 1.87. The lowest BCUT2D eigenvalue weighted by Crippen LogP contribution is -2.34. The van der Waals surface area contributed by atoms with Crippen LogP contribution in [0.4, 0.5) is 5.69 Å². The van der Waals surface area contributed by atoms with Gasteiger partial charge in [0.15, 0.2) is 17.6 Å². The van der Waals surface area contributed by atoms with E-state index in [2.05, 4.69) is 16.0 Å². The highest BCUT2D eigenvalue weighted by atomic mass is 16.5. The number of rotatable bonds is 10. The Labute approximate surface area is 182 Å². The Hall–Kier alpha value is -3.55. The summed E-state index contributed by atoms with van der Waals surface area (Å²) in [4.78, 5) is 35.8. The van der Waals surface area contributed by atoms with Crippen molar-refractivity contribution in [3.63, 3.8) is 0 Å². The molecule has 0 aliphatic carbocycles. The molecule has 0 saturated heterocycles. The first kappa shape index (κ1) is 23.7. The molecule has 0 radical (unpaired) electrons. The fourth-order valence-electron chi connectivity index (χ4n) is 2.67. The lowest BCUT2D eigenvalue weighted by Gasteiger charge is -2.17. The Morgan fingerprint density at radius 1 is 0.968 bits per heavy atom. The zero-order valence-electron chi connectivity index (χ0n) is 18.3. The monoisotopic (exact) mass is 427 g/mol. The number of nitrogens with one attached hydrogen (secondary N) is 3. The molecule has 8 heteroatoms. The summed E-state index contributed by atoms with van der Waals surface area (Å²) >= 11 is 0. The zero-order valence-corrected chi connectivity index (χ0v) is 18.3. The van der Waals surface area contributed by atoms with Gasteiger partial charge in [-0.05, 0) is 55.8 Å². The lowest BCUT2D eigenvalue weighted by molar-refractivity contribution is -0.122. The van der Waals surface area contributed by atoms with Crippen LogP contribution in [0.3, 0.4) is 0 Å². The molecular formula is C23H29N3O5. The molecule has 3 amide bonds. The van der Waals surface area contributed by atoms with Gasteiger partial charge in [0, 0.05) is 30.8 Å². The number of amides is 3. The summed E-state index contributed by atoms with van der Waals surface area (Å²) in [5, 5.41) is 8.18. The van der Waals surface area contributed by atoms with Crippen LogP contribution in [0.15, 0.2) is 42.5 Å². The molecule has 2 aromatic rings. The van der Waals surface area contributed by atoms with Gasteiger partial charge in [-0.3, -0.25) is 14.4 Å². The standard InChI is InChI=1S/C23H29N3O5/c1-5-21(27)24-12-13-25-23(29)17-7-9-18(10-8-17)26-22(28)16(3)31-19-11-6-15(2)14-20(19)30-4/h6-11,14,16H,5,12-13H2,1-4H3,(H,24,27)(H,25,29)(H,26,28). The first-order valence-electron chi connectivity index (χ1n) is 10.1. The van der Waals surface area contributed by atoms with E-state index < -0.39 is 6.10 Å². The van der Waals surface area contributed by atoms with Gasteiger partial charge in [-0.1, -0.05) is 13.0 Å². The van der Waals surface area contributed by atoms with Crippen LogP contribution in [0, 0.1) is 6.92 Å². The number of methoxy groups -OCH3 is 1. The van der Waals surface area contributed by atoms with Crippen LogP contribution in [0.5, 0.6) is 11.5 Å². The van der Waals surface area contributed by atoms with Crippen molar-refractivity contribution >= 4 is 23.4 Å². The van der Waals surface area contributed by atoms with Gasteiger partial charge in [0.05, 0.1) is 7.11 Å². The number of anilines is 1. The maximum absolute atomic E-state index is 12.5. The molecule has 2 rings (SSSR count). The number of hydrogen-bond acceptors (Lipinski definition) is 5. The summed E-state index contributed by atoms with van der Waals surface area (Å²) in [6.45, 7) is 6.06. The second kappa shape index (κ2) is 11.6. The number of carbonyl (C=O) groups is 3. The predicted molar refractivity (Wildman–Crippen MR) is 119 cm³/mol. The molecule has 0 spiro atoms. The van der Waals surface area contributed by atoms with Crippen LogP contribution in [0.1, 0.15) is 36.2 Å². The first-order chi connectivity index (χ1) is 14.8. The molecule has 0 aromatic heterocycles. The van der Waals surface area contributed by atoms with Gasteiger partial charge >= 0.3 is 0 Å². The summed E-state index contributed by atoms with van der Waals surface area (Å²) in [6, 6.07) is 12.0. The minimum atomic E-state index is -0.752. The highest BCUT2D eigenvalue weighted by molar-refractivity contribution is 5.96. The maximum Gasteiger partial charge on any atom is 0.265 e. The molecule has 31 heavy (non-hydrogen) atoms. The molecule has 1 unspecified atom stereocenters. The lowest BCUT2D eigenvalue weighted by atomic mass is 10.2. The second-order valence-corrected chi connectivity index (χ2v) is 6.94. The average Bonchev–Trinajstić information content (AvgIpc) is 2.77. The molecular weight excluding hydrogens is 398 g/mol. The van der Waals surface area contributed by atoms with E-state index in [1.807, 2.05) is 19.1 Å². The van der Waals surface area contributed by atoms with Crippen molar-refractivity contribution in [2.24, 2.45) is 0 Å². The third-order valence-electron chi connectivity index (χ3n) is 4.46. The van der Waals surface area contributed by atoms with Crippen molar-refractivity contribution in [3.05, 3.63) is 53.6 Å². The fourth-order valence-corrected chi connectivity index (χ4v) is 2.67. The maximum atomic E-state index is 12.5. The van der Waals surface area contributed by atoms with Crippen molar-refractivity contribution in [2.45, 2.75) is 33.3 Å². The molecule has 2 aromatic carbocycles. The summed E-state index contributed by atoms with van der Waals surface area (Å²) in [5.74, 6) is 0.397. The van der Waals surface area contributed by atoms with E-state index in [1.54, 1.807) is 51.3 Å². The molecule has 8 nitrogen and oxygen atoms in total. The molecule has 0 aliphatic rings. The smallest absolute Gasteiger partial charge is 0.265 e. The van der Waals surface area contributed by atoms with Gasteiger partial charge in [0.25, 0.3) is 11.8 Å². The van der Waals surface area contributed by atoms with Gasteiger partial charge in [-0.2, -0.15) is 0 Å². The normalized spacial score (nSPS) is 11.2. The van der Waals surface area contributed by atoms with Crippen LogP contribution in [-0.4, -0.2) is 44.0 Å². The third kappa shape index (κ3) is 7.33. The van der Waals surface area contributed by atoms with Gasteiger partial charge in [0.2, 0.25) is 5.91 Å². The van der Waals surface area contributed by atoms with Crippen molar-refractivity contribution in [3.8, 4) is 11.5 Å². The Bertz CT molecular complexity index is 912. The highest BCUT2D eigenvalue weighted by Crippen LogP contribution is 2.28. The number of hydrogen-bond donors (Lipinski definition) is 3. The Morgan fingerprint density at radius 3 is 2.29 bits per heavy atom. The molecule has 0 heterocycles. The van der Waals surface area contributed by atoms with Gasteiger partial charge < -0.3 is 25.4 Å². The number of aryl methyl sites for hydroxylation is 1. The van der Waals surface area contributed by atoms with E-state index in [0.717, 1.165) is 5.56 Å². The van der Waals surface area contributed by atoms with Crippen LogP contribution < -0.4 is 25.4 Å². The first-order valence-corrected chi connectivity index (χ1v) is 10.1. The molecule has 0 bridgehead atoms. The number of carbonyl (C=O) groups excluding carboxylic acids is 3. The van der Waals surface area contributed by atoms with Gasteiger partial charge in [-0.15, -0.1) is 0 Å². The highest BCUT2D eigenvalue weighted by Gasteiger charge is 2.17. The largest absolute Gasteiger partial charge is 0.493 e. The van der Waals surface area contributed by atoms with Crippen LogP contribution >= 0.6 is 0 Å². The zero-order chi connectivity index (χ0) is 22.8. The average molecular weight is 428 g/mol. The quantitative estimate of drug-likeness (QED) is 0.506. The van der Waals surface area contributed by atoms with E-state index in [1.165, 1.54) is 0 Å².